The molecule has 0 aromatic carbocycles. The van der Waals surface area contributed by atoms with E-state index in [9.17, 15) is 4.79 Å². The van der Waals surface area contributed by atoms with Gasteiger partial charge in [0.15, 0.2) is 0 Å². The maximum absolute atomic E-state index is 11.3. The van der Waals surface area contributed by atoms with E-state index < -0.39 is 0 Å². The second-order valence-corrected chi connectivity index (χ2v) is 4.47. The number of carbonyl (C=O) groups excluding carboxylic acids is 1. The zero-order valence-corrected chi connectivity index (χ0v) is 9.60. The van der Waals surface area contributed by atoms with Crippen molar-refractivity contribution >= 4 is 5.91 Å². The number of hydrogen-bond acceptors (Lipinski definition) is 4. The van der Waals surface area contributed by atoms with Gasteiger partial charge in [-0.2, -0.15) is 0 Å². The minimum atomic E-state index is -0.369. The molecule has 0 aliphatic carbocycles. The molecular formula is C11H20N2O3. The van der Waals surface area contributed by atoms with Crippen LogP contribution in [0.15, 0.2) is 0 Å². The van der Waals surface area contributed by atoms with Crippen LogP contribution in [0, 0.1) is 0 Å². The van der Waals surface area contributed by atoms with E-state index in [2.05, 4.69) is 4.90 Å². The highest BCUT2D eigenvalue weighted by atomic mass is 16.5. The first-order chi connectivity index (χ1) is 7.79. The summed E-state index contributed by atoms with van der Waals surface area (Å²) in [7, 11) is 0. The normalized spacial score (nSPS) is 27.3. The van der Waals surface area contributed by atoms with E-state index in [1.54, 1.807) is 4.90 Å². The van der Waals surface area contributed by atoms with Crippen LogP contribution in [0.3, 0.4) is 0 Å². The van der Waals surface area contributed by atoms with Crippen molar-refractivity contribution in [1.29, 1.82) is 0 Å². The number of aliphatic hydroxyl groups is 1. The Bertz CT molecular complexity index is 233. The SMILES string of the molecule is O=C(CO)N1CCN(CC2CCCO2)CC1. The Morgan fingerprint density at radius 3 is 2.62 bits per heavy atom. The van der Waals surface area contributed by atoms with Crippen molar-refractivity contribution < 1.29 is 14.6 Å². The maximum atomic E-state index is 11.3. The predicted molar refractivity (Wildman–Crippen MR) is 59.1 cm³/mol. The zero-order valence-electron chi connectivity index (χ0n) is 9.60. The van der Waals surface area contributed by atoms with Crippen LogP contribution >= 0.6 is 0 Å². The van der Waals surface area contributed by atoms with E-state index in [1.165, 1.54) is 6.42 Å². The summed E-state index contributed by atoms with van der Waals surface area (Å²) in [5, 5.41) is 8.76. The number of ether oxygens (including phenoxy) is 1. The molecule has 1 amide bonds. The number of aliphatic hydroxyl groups excluding tert-OH is 1. The van der Waals surface area contributed by atoms with Crippen molar-refractivity contribution in [2.75, 3.05) is 45.9 Å². The van der Waals surface area contributed by atoms with Gasteiger partial charge in [-0.1, -0.05) is 0 Å². The number of carbonyl (C=O) groups is 1. The maximum Gasteiger partial charge on any atom is 0.248 e. The molecule has 1 atom stereocenters. The summed E-state index contributed by atoms with van der Waals surface area (Å²) in [5.41, 5.74) is 0. The largest absolute Gasteiger partial charge is 0.387 e. The number of rotatable bonds is 3. The van der Waals surface area contributed by atoms with E-state index in [1.807, 2.05) is 0 Å². The minimum absolute atomic E-state index is 0.156. The van der Waals surface area contributed by atoms with E-state index >= 15 is 0 Å². The molecule has 5 nitrogen and oxygen atoms in total. The van der Waals surface area contributed by atoms with Gasteiger partial charge in [-0.05, 0) is 12.8 Å². The summed E-state index contributed by atoms with van der Waals surface area (Å²) in [4.78, 5) is 15.3. The third-order valence-electron chi connectivity index (χ3n) is 3.35. The van der Waals surface area contributed by atoms with Crippen molar-refractivity contribution in [3.63, 3.8) is 0 Å². The van der Waals surface area contributed by atoms with Crippen LogP contribution in [0.25, 0.3) is 0 Å². The number of hydrogen-bond donors (Lipinski definition) is 1. The summed E-state index contributed by atoms with van der Waals surface area (Å²) in [5.74, 6) is -0.156. The molecule has 0 saturated carbocycles. The molecule has 5 heteroatoms. The standard InChI is InChI=1S/C11H20N2O3/c14-9-11(15)13-5-3-12(4-6-13)8-10-2-1-7-16-10/h10,14H,1-9H2. The molecule has 2 saturated heterocycles. The van der Waals surface area contributed by atoms with Gasteiger partial charge < -0.3 is 14.7 Å². The molecule has 2 aliphatic rings. The molecule has 2 aliphatic heterocycles. The molecule has 92 valence electrons. The summed E-state index contributed by atoms with van der Waals surface area (Å²) >= 11 is 0. The lowest BCUT2D eigenvalue weighted by molar-refractivity contribution is -0.136. The van der Waals surface area contributed by atoms with Crippen LogP contribution in [-0.2, 0) is 9.53 Å². The first kappa shape index (κ1) is 11.8. The van der Waals surface area contributed by atoms with Gasteiger partial charge in [0.1, 0.15) is 6.61 Å². The van der Waals surface area contributed by atoms with Crippen molar-refractivity contribution in [3.8, 4) is 0 Å². The molecule has 0 bridgehead atoms. The highest BCUT2D eigenvalue weighted by Crippen LogP contribution is 2.14. The molecule has 0 aromatic heterocycles. The molecule has 2 heterocycles. The third-order valence-corrected chi connectivity index (χ3v) is 3.35. The molecular weight excluding hydrogens is 208 g/mol. The molecule has 0 aromatic rings. The second-order valence-electron chi connectivity index (χ2n) is 4.47. The van der Waals surface area contributed by atoms with Crippen LogP contribution in [0.2, 0.25) is 0 Å². The summed E-state index contributed by atoms with van der Waals surface area (Å²) in [6.45, 7) is 4.76. The highest BCUT2D eigenvalue weighted by molar-refractivity contribution is 5.77. The van der Waals surface area contributed by atoms with Gasteiger partial charge >= 0.3 is 0 Å². The first-order valence-corrected chi connectivity index (χ1v) is 6.02. The predicted octanol–water partition coefficient (Wildman–Crippen LogP) is -0.698. The van der Waals surface area contributed by atoms with Gasteiger partial charge in [-0.25, -0.2) is 0 Å². The van der Waals surface area contributed by atoms with Crippen LogP contribution in [0.4, 0.5) is 0 Å². The first-order valence-electron chi connectivity index (χ1n) is 6.02. The van der Waals surface area contributed by atoms with E-state index in [0.29, 0.717) is 6.10 Å². The molecule has 0 radical (unpaired) electrons. The molecule has 2 rings (SSSR count). The Labute approximate surface area is 96.0 Å². The van der Waals surface area contributed by atoms with Crippen LogP contribution in [-0.4, -0.2) is 72.9 Å². The van der Waals surface area contributed by atoms with Crippen LogP contribution in [0.1, 0.15) is 12.8 Å². The minimum Gasteiger partial charge on any atom is -0.387 e. The molecule has 16 heavy (non-hydrogen) atoms. The second kappa shape index (κ2) is 5.61. The van der Waals surface area contributed by atoms with Crippen LogP contribution < -0.4 is 0 Å². The number of amides is 1. The van der Waals surface area contributed by atoms with E-state index in [0.717, 1.165) is 45.8 Å². The average molecular weight is 228 g/mol. The lowest BCUT2D eigenvalue weighted by atomic mass is 10.2. The van der Waals surface area contributed by atoms with Gasteiger partial charge in [-0.15, -0.1) is 0 Å². The highest BCUT2D eigenvalue weighted by Gasteiger charge is 2.24. The van der Waals surface area contributed by atoms with Gasteiger partial charge in [0.25, 0.3) is 0 Å². The summed E-state index contributed by atoms with van der Waals surface area (Å²) < 4.78 is 5.59. The Kier molecular flexibility index (Phi) is 4.15. The average Bonchev–Trinajstić information content (AvgIpc) is 2.82. The van der Waals surface area contributed by atoms with Gasteiger partial charge in [-0.3, -0.25) is 9.69 Å². The van der Waals surface area contributed by atoms with E-state index in [-0.39, 0.29) is 12.5 Å². The molecule has 1 unspecified atom stereocenters. The lowest BCUT2D eigenvalue weighted by Crippen LogP contribution is -2.51. The van der Waals surface area contributed by atoms with Crippen LogP contribution in [0.5, 0.6) is 0 Å². The monoisotopic (exact) mass is 228 g/mol. The Balaban J connectivity index is 1.70. The van der Waals surface area contributed by atoms with E-state index in [4.69, 9.17) is 9.84 Å². The number of piperazine rings is 1. The van der Waals surface area contributed by atoms with Crippen molar-refractivity contribution in [3.05, 3.63) is 0 Å². The smallest absolute Gasteiger partial charge is 0.248 e. The third kappa shape index (κ3) is 2.93. The fourth-order valence-corrected chi connectivity index (χ4v) is 2.36. The number of nitrogens with zero attached hydrogens (tertiary/aromatic N) is 2. The van der Waals surface area contributed by atoms with Gasteiger partial charge in [0.2, 0.25) is 5.91 Å². The topological polar surface area (TPSA) is 53.0 Å². The fraction of sp³-hybridized carbons (Fsp3) is 0.909. The van der Waals surface area contributed by atoms with Crippen molar-refractivity contribution in [1.82, 2.24) is 9.80 Å². The van der Waals surface area contributed by atoms with Crippen molar-refractivity contribution in [2.24, 2.45) is 0 Å². The fourth-order valence-electron chi connectivity index (χ4n) is 2.36. The Morgan fingerprint density at radius 1 is 1.31 bits per heavy atom. The summed E-state index contributed by atoms with van der Waals surface area (Å²) in [6, 6.07) is 0. The zero-order chi connectivity index (χ0) is 11.4. The van der Waals surface area contributed by atoms with Crippen molar-refractivity contribution in [2.45, 2.75) is 18.9 Å². The quantitative estimate of drug-likeness (QED) is 0.694. The molecule has 1 N–H and O–H groups in total. The van der Waals surface area contributed by atoms with Gasteiger partial charge in [0.05, 0.1) is 6.10 Å². The Hall–Kier alpha value is -0.650. The molecule has 0 spiro atoms. The summed E-state index contributed by atoms with van der Waals surface area (Å²) in [6.07, 6.45) is 2.73. The lowest BCUT2D eigenvalue weighted by Gasteiger charge is -2.35. The molecule has 2 fully saturated rings. The van der Waals surface area contributed by atoms with Gasteiger partial charge in [0, 0.05) is 39.3 Å². The Morgan fingerprint density at radius 2 is 2.06 bits per heavy atom.